The van der Waals surface area contributed by atoms with Crippen molar-refractivity contribution in [2.75, 3.05) is 20.2 Å². The summed E-state index contributed by atoms with van der Waals surface area (Å²) >= 11 is 0. The Balaban J connectivity index is 2.07. The van der Waals surface area contributed by atoms with Crippen molar-refractivity contribution in [3.8, 4) is 5.75 Å². The summed E-state index contributed by atoms with van der Waals surface area (Å²) < 4.78 is 32.1. The van der Waals surface area contributed by atoms with E-state index in [1.165, 1.54) is 13.2 Å². The largest absolute Gasteiger partial charge is 0.494 e. The molecule has 0 saturated carbocycles. The first kappa shape index (κ1) is 13.3. The predicted octanol–water partition coefficient (Wildman–Crippen LogP) is 3.21. The molecule has 1 saturated heterocycles. The molecule has 0 bridgehead atoms. The Morgan fingerprint density at radius 2 is 1.89 bits per heavy atom. The van der Waals surface area contributed by atoms with Gasteiger partial charge >= 0.3 is 0 Å². The first-order valence-corrected chi connectivity index (χ1v) is 6.34. The van der Waals surface area contributed by atoms with E-state index in [-0.39, 0.29) is 5.75 Å². The van der Waals surface area contributed by atoms with Gasteiger partial charge in [-0.25, -0.2) is 8.78 Å². The van der Waals surface area contributed by atoms with Crippen LogP contribution in [0, 0.1) is 17.6 Å². The molecule has 100 valence electrons. The first-order chi connectivity index (χ1) is 8.60. The van der Waals surface area contributed by atoms with Crippen molar-refractivity contribution in [1.82, 2.24) is 4.90 Å². The summed E-state index contributed by atoms with van der Waals surface area (Å²) in [4.78, 5) is 2.17. The van der Waals surface area contributed by atoms with Gasteiger partial charge in [-0.3, -0.25) is 4.90 Å². The van der Waals surface area contributed by atoms with Crippen molar-refractivity contribution in [2.24, 2.45) is 5.92 Å². The van der Waals surface area contributed by atoms with E-state index < -0.39 is 11.6 Å². The molecule has 0 unspecified atom stereocenters. The van der Waals surface area contributed by atoms with E-state index in [2.05, 4.69) is 11.8 Å². The van der Waals surface area contributed by atoms with Crippen molar-refractivity contribution >= 4 is 0 Å². The van der Waals surface area contributed by atoms with Crippen LogP contribution >= 0.6 is 0 Å². The number of hydrogen-bond acceptors (Lipinski definition) is 2. The first-order valence-electron chi connectivity index (χ1n) is 6.34. The highest BCUT2D eigenvalue weighted by Crippen LogP contribution is 2.24. The topological polar surface area (TPSA) is 12.5 Å². The van der Waals surface area contributed by atoms with Crippen molar-refractivity contribution in [2.45, 2.75) is 26.3 Å². The molecule has 0 aromatic heterocycles. The number of halogens is 2. The van der Waals surface area contributed by atoms with Gasteiger partial charge in [0.05, 0.1) is 7.11 Å². The Morgan fingerprint density at radius 1 is 1.22 bits per heavy atom. The summed E-state index contributed by atoms with van der Waals surface area (Å²) in [7, 11) is 1.34. The molecule has 0 aliphatic carbocycles. The van der Waals surface area contributed by atoms with E-state index in [1.54, 1.807) is 0 Å². The van der Waals surface area contributed by atoms with E-state index in [1.807, 2.05) is 0 Å². The highest BCUT2D eigenvalue weighted by molar-refractivity contribution is 5.30. The molecule has 1 aliphatic rings. The van der Waals surface area contributed by atoms with Crippen LogP contribution in [0.4, 0.5) is 8.78 Å². The molecule has 0 radical (unpaired) electrons. The zero-order valence-electron chi connectivity index (χ0n) is 10.9. The average molecular weight is 255 g/mol. The van der Waals surface area contributed by atoms with Crippen LogP contribution in [0.3, 0.4) is 0 Å². The van der Waals surface area contributed by atoms with Gasteiger partial charge in [0, 0.05) is 18.2 Å². The van der Waals surface area contributed by atoms with Gasteiger partial charge in [-0.1, -0.05) is 6.92 Å². The second kappa shape index (κ2) is 5.65. The molecule has 0 spiro atoms. The molecule has 0 N–H and O–H groups in total. The molecular formula is C14H19F2NO. The Kier molecular flexibility index (Phi) is 4.17. The van der Waals surface area contributed by atoms with Gasteiger partial charge < -0.3 is 4.74 Å². The molecule has 4 heteroatoms. The second-order valence-electron chi connectivity index (χ2n) is 5.04. The zero-order valence-corrected chi connectivity index (χ0v) is 10.9. The number of methoxy groups -OCH3 is 1. The molecule has 2 rings (SSSR count). The molecular weight excluding hydrogens is 236 g/mol. The third-order valence-electron chi connectivity index (χ3n) is 3.59. The predicted molar refractivity (Wildman–Crippen MR) is 66.6 cm³/mol. The number of nitrogens with zero attached hydrogens (tertiary/aromatic N) is 1. The molecule has 1 aromatic carbocycles. The summed E-state index contributed by atoms with van der Waals surface area (Å²) in [5.74, 6) is -0.201. The zero-order chi connectivity index (χ0) is 13.1. The summed E-state index contributed by atoms with van der Waals surface area (Å²) in [5.41, 5.74) is 0.405. The van der Waals surface area contributed by atoms with E-state index in [0.29, 0.717) is 12.1 Å². The number of rotatable bonds is 3. The summed E-state index contributed by atoms with van der Waals surface area (Å²) in [6.07, 6.45) is 2.25. The highest BCUT2D eigenvalue weighted by Gasteiger charge is 2.18. The number of hydrogen-bond donors (Lipinski definition) is 0. The smallest absolute Gasteiger partial charge is 0.165 e. The fourth-order valence-electron chi connectivity index (χ4n) is 2.31. The number of piperidine rings is 1. The van der Waals surface area contributed by atoms with Crippen LogP contribution in [-0.2, 0) is 6.54 Å². The Morgan fingerprint density at radius 3 is 2.50 bits per heavy atom. The summed E-state index contributed by atoms with van der Waals surface area (Å²) in [6.45, 7) is 4.60. The van der Waals surface area contributed by atoms with Gasteiger partial charge in [-0.2, -0.15) is 0 Å². The minimum absolute atomic E-state index is 0.0384. The van der Waals surface area contributed by atoms with E-state index >= 15 is 0 Å². The van der Waals surface area contributed by atoms with Gasteiger partial charge in [0.2, 0.25) is 0 Å². The lowest BCUT2D eigenvalue weighted by molar-refractivity contribution is 0.183. The fourth-order valence-corrected chi connectivity index (χ4v) is 2.31. The van der Waals surface area contributed by atoms with Gasteiger partial charge in [0.25, 0.3) is 0 Å². The maximum Gasteiger partial charge on any atom is 0.165 e. The van der Waals surface area contributed by atoms with Crippen molar-refractivity contribution < 1.29 is 13.5 Å². The molecule has 1 aliphatic heterocycles. The average Bonchev–Trinajstić information content (AvgIpc) is 2.36. The lowest BCUT2D eigenvalue weighted by Crippen LogP contribution is -2.32. The Hall–Kier alpha value is -1.16. The van der Waals surface area contributed by atoms with Crippen LogP contribution in [0.15, 0.2) is 12.1 Å². The monoisotopic (exact) mass is 255 g/mol. The van der Waals surface area contributed by atoms with Crippen LogP contribution in [-0.4, -0.2) is 25.1 Å². The normalized spacial score (nSPS) is 18.0. The Labute approximate surface area is 107 Å². The van der Waals surface area contributed by atoms with Crippen LogP contribution in [0.2, 0.25) is 0 Å². The van der Waals surface area contributed by atoms with E-state index in [0.717, 1.165) is 37.9 Å². The van der Waals surface area contributed by atoms with Gasteiger partial charge in [-0.15, -0.1) is 0 Å². The SMILES string of the molecule is COc1cc(F)c(CN2CCC(C)CC2)cc1F. The maximum atomic E-state index is 13.8. The highest BCUT2D eigenvalue weighted by atomic mass is 19.1. The van der Waals surface area contributed by atoms with Gasteiger partial charge in [0.15, 0.2) is 11.6 Å². The van der Waals surface area contributed by atoms with Crippen molar-refractivity contribution in [1.29, 1.82) is 0 Å². The molecule has 18 heavy (non-hydrogen) atoms. The third-order valence-corrected chi connectivity index (χ3v) is 3.59. The van der Waals surface area contributed by atoms with Gasteiger partial charge in [0.1, 0.15) is 5.82 Å². The van der Waals surface area contributed by atoms with Crippen LogP contribution < -0.4 is 4.74 Å². The number of likely N-dealkylation sites (tertiary alicyclic amines) is 1. The molecule has 1 aromatic rings. The molecule has 1 fully saturated rings. The van der Waals surface area contributed by atoms with E-state index in [9.17, 15) is 8.78 Å². The minimum Gasteiger partial charge on any atom is -0.494 e. The minimum atomic E-state index is -0.501. The molecule has 2 nitrogen and oxygen atoms in total. The molecule has 1 heterocycles. The van der Waals surface area contributed by atoms with Crippen molar-refractivity contribution in [3.05, 3.63) is 29.3 Å². The molecule has 0 atom stereocenters. The lowest BCUT2D eigenvalue weighted by Gasteiger charge is -2.30. The lowest BCUT2D eigenvalue weighted by atomic mass is 9.99. The second-order valence-corrected chi connectivity index (χ2v) is 5.04. The standard InChI is InChI=1S/C14H19F2NO/c1-10-3-5-17(6-4-10)9-11-7-13(16)14(18-2)8-12(11)15/h7-8,10H,3-6,9H2,1-2H3. The molecule has 0 amide bonds. The number of ether oxygens (including phenoxy) is 1. The van der Waals surface area contributed by atoms with Gasteiger partial charge in [-0.05, 0) is 37.9 Å². The maximum absolute atomic E-state index is 13.8. The van der Waals surface area contributed by atoms with E-state index in [4.69, 9.17) is 4.74 Å². The quantitative estimate of drug-likeness (QED) is 0.822. The van der Waals surface area contributed by atoms with Crippen LogP contribution in [0.5, 0.6) is 5.75 Å². The summed E-state index contributed by atoms with van der Waals surface area (Å²) in [5, 5.41) is 0. The van der Waals surface area contributed by atoms with Crippen molar-refractivity contribution in [3.63, 3.8) is 0 Å². The summed E-state index contributed by atoms with van der Waals surface area (Å²) in [6, 6.07) is 2.36. The Bertz CT molecular complexity index is 415. The van der Waals surface area contributed by atoms with Crippen LogP contribution in [0.25, 0.3) is 0 Å². The fraction of sp³-hybridized carbons (Fsp3) is 0.571. The number of benzene rings is 1. The van der Waals surface area contributed by atoms with Crippen LogP contribution in [0.1, 0.15) is 25.3 Å². The third kappa shape index (κ3) is 2.99.